The van der Waals surface area contributed by atoms with Gasteiger partial charge in [0.1, 0.15) is 29.5 Å². The molecule has 174 valence electrons. The highest BCUT2D eigenvalue weighted by atomic mass is 19.1. The van der Waals surface area contributed by atoms with Gasteiger partial charge in [0.25, 0.3) is 0 Å². The van der Waals surface area contributed by atoms with Crippen LogP contribution in [-0.4, -0.2) is 36.1 Å². The molecule has 0 bridgehead atoms. The number of nitrogens with zero attached hydrogens (tertiary/aromatic N) is 6. The molecule has 0 aliphatic heterocycles. The Labute approximate surface area is 195 Å². The summed E-state index contributed by atoms with van der Waals surface area (Å²) >= 11 is 0. The molecule has 1 N–H and O–H groups in total. The molecule has 0 aliphatic carbocycles. The van der Waals surface area contributed by atoms with Crippen molar-refractivity contribution in [3.63, 3.8) is 0 Å². The summed E-state index contributed by atoms with van der Waals surface area (Å²) in [6, 6.07) is 4.09. The van der Waals surface area contributed by atoms with Gasteiger partial charge in [-0.05, 0) is 26.0 Å². The first-order valence-corrected chi connectivity index (χ1v) is 10.6. The highest BCUT2D eigenvalue weighted by Gasteiger charge is 2.19. The lowest BCUT2D eigenvalue weighted by atomic mass is 10.1. The molecule has 0 radical (unpaired) electrons. The molecule has 0 unspecified atom stereocenters. The second kappa shape index (κ2) is 10.1. The summed E-state index contributed by atoms with van der Waals surface area (Å²) in [4.78, 5) is 8.02. The molecule has 3 aromatic heterocycles. The van der Waals surface area contributed by atoms with Crippen molar-refractivity contribution in [1.29, 1.82) is 0 Å². The van der Waals surface area contributed by atoms with Crippen molar-refractivity contribution in [2.24, 2.45) is 0 Å². The van der Waals surface area contributed by atoms with Crippen LogP contribution < -0.4 is 10.1 Å². The van der Waals surface area contributed by atoms with E-state index in [1.54, 1.807) is 54.5 Å². The van der Waals surface area contributed by atoms with Crippen molar-refractivity contribution >= 4 is 17.6 Å². The fourth-order valence-electron chi connectivity index (χ4n) is 3.41. The van der Waals surface area contributed by atoms with Gasteiger partial charge in [0, 0.05) is 29.5 Å². The topological polar surface area (TPSA) is 82.7 Å². The SMILES string of the molecule is C=C/C=C\c1c(C)c(-n2cc(Nc3ccncn3)cn2)nn1Cc1c(F)cc(OCC)cc1F. The number of anilines is 2. The Morgan fingerprint density at radius 1 is 1.24 bits per heavy atom. The van der Waals surface area contributed by atoms with Gasteiger partial charge in [-0.25, -0.2) is 23.4 Å². The van der Waals surface area contributed by atoms with Crippen molar-refractivity contribution in [2.75, 3.05) is 11.9 Å². The third kappa shape index (κ3) is 4.85. The van der Waals surface area contributed by atoms with E-state index in [-0.39, 0.29) is 17.9 Å². The number of hydrogen-bond donors (Lipinski definition) is 1. The Hall–Kier alpha value is -4.34. The lowest BCUT2D eigenvalue weighted by Gasteiger charge is -2.10. The number of allylic oxidation sites excluding steroid dienone is 2. The van der Waals surface area contributed by atoms with E-state index in [1.807, 2.05) is 6.92 Å². The van der Waals surface area contributed by atoms with Gasteiger partial charge in [0.15, 0.2) is 5.82 Å². The number of ether oxygens (including phenoxy) is 1. The zero-order chi connectivity index (χ0) is 24.1. The summed E-state index contributed by atoms with van der Waals surface area (Å²) in [7, 11) is 0. The Balaban J connectivity index is 1.69. The molecule has 34 heavy (non-hydrogen) atoms. The van der Waals surface area contributed by atoms with Crippen molar-refractivity contribution in [3.05, 3.63) is 90.3 Å². The van der Waals surface area contributed by atoms with Gasteiger partial charge in [-0.2, -0.15) is 10.2 Å². The Bertz CT molecular complexity index is 1310. The maximum Gasteiger partial charge on any atom is 0.178 e. The summed E-state index contributed by atoms with van der Waals surface area (Å²) in [5, 5.41) is 12.1. The van der Waals surface area contributed by atoms with Crippen molar-refractivity contribution < 1.29 is 13.5 Å². The fraction of sp³-hybridized carbons (Fsp3) is 0.167. The molecule has 0 aliphatic rings. The molecule has 4 aromatic rings. The number of nitrogens with one attached hydrogen (secondary N) is 1. The average Bonchev–Trinajstić information content (AvgIpc) is 3.40. The lowest BCUT2D eigenvalue weighted by Crippen LogP contribution is -2.09. The minimum Gasteiger partial charge on any atom is -0.494 e. The third-order valence-corrected chi connectivity index (χ3v) is 4.99. The summed E-state index contributed by atoms with van der Waals surface area (Å²) in [6.07, 6.45) is 11.6. The molecule has 0 spiro atoms. The van der Waals surface area contributed by atoms with Crippen LogP contribution in [0.3, 0.4) is 0 Å². The van der Waals surface area contributed by atoms with Gasteiger partial charge in [0.2, 0.25) is 0 Å². The van der Waals surface area contributed by atoms with Crippen LogP contribution in [0.2, 0.25) is 0 Å². The summed E-state index contributed by atoms with van der Waals surface area (Å²) in [5.74, 6) is -0.121. The van der Waals surface area contributed by atoms with E-state index in [0.29, 0.717) is 29.6 Å². The first-order chi connectivity index (χ1) is 16.5. The number of hydrogen-bond acceptors (Lipinski definition) is 6. The van der Waals surface area contributed by atoms with Crippen LogP contribution in [0, 0.1) is 18.6 Å². The molecular weight excluding hydrogens is 440 g/mol. The zero-order valence-corrected chi connectivity index (χ0v) is 18.7. The summed E-state index contributed by atoms with van der Waals surface area (Å²) in [5.41, 5.74) is 2.03. The monoisotopic (exact) mass is 463 g/mol. The van der Waals surface area contributed by atoms with E-state index in [0.717, 1.165) is 5.56 Å². The highest BCUT2D eigenvalue weighted by molar-refractivity contribution is 5.58. The molecule has 10 heteroatoms. The maximum absolute atomic E-state index is 14.7. The van der Waals surface area contributed by atoms with Crippen LogP contribution in [0.1, 0.15) is 23.7 Å². The van der Waals surface area contributed by atoms with Gasteiger partial charge in [-0.1, -0.05) is 18.7 Å². The number of benzene rings is 1. The predicted molar refractivity (Wildman–Crippen MR) is 125 cm³/mol. The van der Waals surface area contributed by atoms with Crippen molar-refractivity contribution in [1.82, 2.24) is 29.5 Å². The molecule has 4 rings (SSSR count). The second-order valence-corrected chi connectivity index (χ2v) is 7.28. The van der Waals surface area contributed by atoms with Crippen molar-refractivity contribution in [2.45, 2.75) is 20.4 Å². The molecule has 0 saturated heterocycles. The predicted octanol–water partition coefficient (Wildman–Crippen LogP) is 4.84. The van der Waals surface area contributed by atoms with Crippen LogP contribution >= 0.6 is 0 Å². The van der Waals surface area contributed by atoms with Crippen LogP contribution in [0.25, 0.3) is 11.9 Å². The smallest absolute Gasteiger partial charge is 0.178 e. The molecule has 0 amide bonds. The number of aromatic nitrogens is 6. The van der Waals surface area contributed by atoms with Gasteiger partial charge < -0.3 is 10.1 Å². The molecule has 8 nitrogen and oxygen atoms in total. The zero-order valence-electron chi connectivity index (χ0n) is 18.7. The van der Waals surface area contributed by atoms with Crippen LogP contribution in [0.5, 0.6) is 5.75 Å². The van der Waals surface area contributed by atoms with E-state index in [1.165, 1.54) is 23.1 Å². The first-order valence-electron chi connectivity index (χ1n) is 10.6. The second-order valence-electron chi connectivity index (χ2n) is 7.28. The normalized spacial score (nSPS) is 11.2. The summed E-state index contributed by atoms with van der Waals surface area (Å²) in [6.45, 7) is 7.51. The molecule has 1 aromatic carbocycles. The minimum absolute atomic E-state index is 0.114. The Morgan fingerprint density at radius 2 is 2.03 bits per heavy atom. The van der Waals surface area contributed by atoms with E-state index < -0.39 is 11.6 Å². The minimum atomic E-state index is -0.702. The van der Waals surface area contributed by atoms with Gasteiger partial charge in [0.05, 0.1) is 36.9 Å². The third-order valence-electron chi connectivity index (χ3n) is 4.99. The van der Waals surface area contributed by atoms with Crippen LogP contribution in [0.15, 0.2) is 61.8 Å². The quantitative estimate of drug-likeness (QED) is 0.358. The molecule has 0 atom stereocenters. The van der Waals surface area contributed by atoms with E-state index in [9.17, 15) is 8.78 Å². The maximum atomic E-state index is 14.7. The summed E-state index contributed by atoms with van der Waals surface area (Å²) < 4.78 is 37.8. The van der Waals surface area contributed by atoms with E-state index >= 15 is 0 Å². The van der Waals surface area contributed by atoms with Gasteiger partial charge in [-0.3, -0.25) is 4.68 Å². The number of halogens is 2. The average molecular weight is 463 g/mol. The number of rotatable bonds is 9. The van der Waals surface area contributed by atoms with E-state index in [4.69, 9.17) is 4.74 Å². The first kappa shape index (κ1) is 22.8. The Kier molecular flexibility index (Phi) is 6.77. The molecule has 3 heterocycles. The largest absolute Gasteiger partial charge is 0.494 e. The molecular formula is C24H23F2N7O. The fourth-order valence-corrected chi connectivity index (χ4v) is 3.41. The van der Waals surface area contributed by atoms with Crippen LogP contribution in [-0.2, 0) is 6.54 Å². The standard InChI is InChI=1S/C24H23F2N7O/c1-4-6-7-22-16(3)24(33-13-17(12-29-33)30-23-8-9-27-15-28-23)31-32(22)14-19-20(25)10-18(34-5-2)11-21(19)26/h4,6-13,15H,1,5,14H2,2-3H3,(H,27,28,30)/b7-6-. The van der Waals surface area contributed by atoms with Gasteiger partial charge in [-0.15, -0.1) is 0 Å². The highest BCUT2D eigenvalue weighted by Crippen LogP contribution is 2.25. The van der Waals surface area contributed by atoms with Gasteiger partial charge >= 0.3 is 0 Å². The Morgan fingerprint density at radius 3 is 2.71 bits per heavy atom. The molecule has 0 fully saturated rings. The van der Waals surface area contributed by atoms with Crippen LogP contribution in [0.4, 0.5) is 20.3 Å². The lowest BCUT2D eigenvalue weighted by molar-refractivity contribution is 0.335. The van der Waals surface area contributed by atoms with Crippen molar-refractivity contribution in [3.8, 4) is 11.6 Å². The van der Waals surface area contributed by atoms with E-state index in [2.05, 4.69) is 32.1 Å². The molecule has 0 saturated carbocycles.